The van der Waals surface area contributed by atoms with Crippen molar-refractivity contribution in [1.82, 2.24) is 0 Å². The largest absolute Gasteiger partial charge is 0.507 e. The van der Waals surface area contributed by atoms with E-state index >= 15 is 0 Å². The van der Waals surface area contributed by atoms with Gasteiger partial charge in [0.25, 0.3) is 11.7 Å². The van der Waals surface area contributed by atoms with Crippen molar-refractivity contribution in [1.29, 1.82) is 0 Å². The number of aliphatic hydroxyl groups is 1. The zero-order valence-corrected chi connectivity index (χ0v) is 16.4. The molecule has 1 atom stereocenters. The molecule has 0 aliphatic carbocycles. The van der Waals surface area contributed by atoms with Gasteiger partial charge in [0.1, 0.15) is 11.8 Å². The molecule has 0 spiro atoms. The van der Waals surface area contributed by atoms with E-state index < -0.39 is 17.7 Å². The number of hydrogen-bond donors (Lipinski definition) is 1. The van der Waals surface area contributed by atoms with E-state index in [-0.39, 0.29) is 11.3 Å². The molecule has 27 heavy (non-hydrogen) atoms. The summed E-state index contributed by atoms with van der Waals surface area (Å²) in [5.41, 5.74) is 1.22. The second kappa shape index (κ2) is 7.13. The normalized spacial score (nSPS) is 18.9. The number of nitrogens with zero attached hydrogens (tertiary/aromatic N) is 1. The Morgan fingerprint density at radius 1 is 0.963 bits per heavy atom. The highest BCUT2D eigenvalue weighted by molar-refractivity contribution is 9.10. The first-order chi connectivity index (χ1) is 13.1. The van der Waals surface area contributed by atoms with Crippen LogP contribution in [-0.4, -0.2) is 16.8 Å². The van der Waals surface area contributed by atoms with E-state index in [0.29, 0.717) is 11.3 Å². The summed E-state index contributed by atoms with van der Waals surface area (Å²) in [5, 5.41) is 12.8. The van der Waals surface area contributed by atoms with Gasteiger partial charge in [-0.1, -0.05) is 52.3 Å². The van der Waals surface area contributed by atoms with Crippen LogP contribution in [0.5, 0.6) is 0 Å². The summed E-state index contributed by atoms with van der Waals surface area (Å²) >= 11 is 4.80. The molecule has 1 aromatic heterocycles. The fourth-order valence-electron chi connectivity index (χ4n) is 3.17. The molecule has 1 aliphatic heterocycles. The Balaban J connectivity index is 1.92. The number of para-hydroxylation sites is 1. The first kappa shape index (κ1) is 17.7. The number of ketones is 1. The number of Topliss-reactive ketones (excluding diaryl/α,β-unsaturated/α-hetero) is 1. The van der Waals surface area contributed by atoms with Gasteiger partial charge in [-0.05, 0) is 35.7 Å². The van der Waals surface area contributed by atoms with E-state index in [9.17, 15) is 14.7 Å². The van der Waals surface area contributed by atoms with Crippen LogP contribution < -0.4 is 4.90 Å². The third kappa shape index (κ3) is 3.11. The predicted octanol–water partition coefficient (Wildman–Crippen LogP) is 5.14. The van der Waals surface area contributed by atoms with Crippen LogP contribution >= 0.6 is 27.3 Å². The lowest BCUT2D eigenvalue weighted by Crippen LogP contribution is -2.29. The van der Waals surface area contributed by atoms with Gasteiger partial charge in [-0.25, -0.2) is 0 Å². The number of amides is 1. The minimum atomic E-state index is -0.683. The molecule has 4 nitrogen and oxygen atoms in total. The van der Waals surface area contributed by atoms with Crippen LogP contribution in [0.2, 0.25) is 0 Å². The monoisotopic (exact) mass is 439 g/mol. The molecule has 0 radical (unpaired) electrons. The summed E-state index contributed by atoms with van der Waals surface area (Å²) in [6.45, 7) is 0. The number of carbonyl (C=O) groups is 2. The zero-order valence-electron chi connectivity index (χ0n) is 14.0. The summed E-state index contributed by atoms with van der Waals surface area (Å²) in [6, 6.07) is 19.1. The van der Waals surface area contributed by atoms with Gasteiger partial charge in [-0.15, -0.1) is 11.3 Å². The van der Waals surface area contributed by atoms with E-state index in [2.05, 4.69) is 15.9 Å². The number of anilines is 1. The van der Waals surface area contributed by atoms with Gasteiger partial charge >= 0.3 is 0 Å². The zero-order chi connectivity index (χ0) is 19.0. The van der Waals surface area contributed by atoms with E-state index in [4.69, 9.17) is 0 Å². The summed E-state index contributed by atoms with van der Waals surface area (Å²) < 4.78 is 0.860. The van der Waals surface area contributed by atoms with Crippen molar-refractivity contribution in [3.8, 4) is 0 Å². The standard InChI is InChI=1S/C21H14BrNO3S/c22-14-10-8-13(9-11-14)19(24)17-18(16-7-4-12-27-16)23(21(26)20(17)25)15-5-2-1-3-6-15/h1-12,18,24H/b19-17-. The lowest BCUT2D eigenvalue weighted by Gasteiger charge is -2.24. The Kier molecular flexibility index (Phi) is 4.68. The molecule has 3 aromatic rings. The Labute approximate surface area is 168 Å². The SMILES string of the molecule is O=C1C(=O)N(c2ccccc2)C(c2cccs2)/C1=C(/O)c1ccc(Br)cc1. The van der Waals surface area contributed by atoms with Gasteiger partial charge in [0.15, 0.2) is 0 Å². The maximum Gasteiger partial charge on any atom is 0.300 e. The minimum Gasteiger partial charge on any atom is -0.507 e. The maximum absolute atomic E-state index is 12.9. The van der Waals surface area contributed by atoms with Crippen molar-refractivity contribution in [3.63, 3.8) is 0 Å². The molecule has 134 valence electrons. The lowest BCUT2D eigenvalue weighted by atomic mass is 10.00. The van der Waals surface area contributed by atoms with Crippen molar-refractivity contribution in [2.75, 3.05) is 4.90 Å². The molecular weight excluding hydrogens is 426 g/mol. The molecular formula is C21H14BrNO3S. The highest BCUT2D eigenvalue weighted by Gasteiger charge is 2.47. The molecule has 1 amide bonds. The average Bonchev–Trinajstić information content (AvgIpc) is 3.30. The Hall–Kier alpha value is -2.70. The molecule has 0 saturated carbocycles. The summed E-state index contributed by atoms with van der Waals surface area (Å²) in [7, 11) is 0. The van der Waals surface area contributed by atoms with Gasteiger partial charge in [0.05, 0.1) is 5.57 Å². The number of carbonyl (C=O) groups excluding carboxylic acids is 2. The third-order valence-corrected chi connectivity index (χ3v) is 5.86. The molecule has 6 heteroatoms. The molecule has 2 aromatic carbocycles. The summed E-state index contributed by atoms with van der Waals surface area (Å²) in [6.07, 6.45) is 0. The second-order valence-corrected chi connectivity index (χ2v) is 7.92. The molecule has 2 heterocycles. The van der Waals surface area contributed by atoms with Crippen molar-refractivity contribution in [2.24, 2.45) is 0 Å². The Bertz CT molecular complexity index is 1030. The maximum atomic E-state index is 12.9. The molecule has 1 aliphatic rings. The Morgan fingerprint density at radius 2 is 1.67 bits per heavy atom. The highest BCUT2D eigenvalue weighted by Crippen LogP contribution is 2.43. The van der Waals surface area contributed by atoms with E-state index in [1.165, 1.54) is 16.2 Å². The van der Waals surface area contributed by atoms with Crippen LogP contribution in [-0.2, 0) is 9.59 Å². The molecule has 1 saturated heterocycles. The fourth-order valence-corrected chi connectivity index (χ4v) is 4.25. The topological polar surface area (TPSA) is 57.6 Å². The smallest absolute Gasteiger partial charge is 0.300 e. The van der Waals surface area contributed by atoms with Crippen LogP contribution in [0.3, 0.4) is 0 Å². The molecule has 1 fully saturated rings. The fraction of sp³-hybridized carbons (Fsp3) is 0.0476. The highest BCUT2D eigenvalue weighted by atomic mass is 79.9. The summed E-state index contributed by atoms with van der Waals surface area (Å²) in [5.74, 6) is -1.49. The van der Waals surface area contributed by atoms with E-state index in [1.54, 1.807) is 36.4 Å². The van der Waals surface area contributed by atoms with Crippen LogP contribution in [0, 0.1) is 0 Å². The first-order valence-electron chi connectivity index (χ1n) is 8.23. The lowest BCUT2D eigenvalue weighted by molar-refractivity contribution is -0.132. The van der Waals surface area contributed by atoms with Crippen molar-refractivity contribution in [2.45, 2.75) is 6.04 Å². The minimum absolute atomic E-state index is 0.105. The number of benzene rings is 2. The quantitative estimate of drug-likeness (QED) is 0.349. The number of hydrogen-bond acceptors (Lipinski definition) is 4. The molecule has 4 rings (SSSR count). The van der Waals surface area contributed by atoms with Gasteiger partial charge < -0.3 is 5.11 Å². The van der Waals surface area contributed by atoms with Gasteiger partial charge in [0.2, 0.25) is 0 Å². The van der Waals surface area contributed by atoms with Gasteiger partial charge in [-0.2, -0.15) is 0 Å². The number of thiophene rings is 1. The van der Waals surface area contributed by atoms with Crippen LogP contribution in [0.1, 0.15) is 16.5 Å². The van der Waals surface area contributed by atoms with E-state index in [0.717, 1.165) is 9.35 Å². The molecule has 1 unspecified atom stereocenters. The van der Waals surface area contributed by atoms with Crippen LogP contribution in [0.25, 0.3) is 5.76 Å². The number of halogens is 1. The molecule has 1 N–H and O–H groups in total. The second-order valence-electron chi connectivity index (χ2n) is 6.03. The van der Waals surface area contributed by atoms with Gasteiger partial charge in [-0.3, -0.25) is 14.5 Å². The number of rotatable bonds is 3. The third-order valence-electron chi connectivity index (χ3n) is 4.41. The first-order valence-corrected chi connectivity index (χ1v) is 9.90. The van der Waals surface area contributed by atoms with Crippen LogP contribution in [0.4, 0.5) is 5.69 Å². The van der Waals surface area contributed by atoms with E-state index in [1.807, 2.05) is 35.7 Å². The molecule has 0 bridgehead atoms. The van der Waals surface area contributed by atoms with Crippen molar-refractivity contribution < 1.29 is 14.7 Å². The number of aliphatic hydroxyl groups excluding tert-OH is 1. The Morgan fingerprint density at radius 3 is 2.30 bits per heavy atom. The van der Waals surface area contributed by atoms with Crippen molar-refractivity contribution in [3.05, 3.63) is 92.6 Å². The van der Waals surface area contributed by atoms with Crippen LogP contribution in [0.15, 0.2) is 82.2 Å². The van der Waals surface area contributed by atoms with Gasteiger partial charge in [0, 0.05) is 20.6 Å². The average molecular weight is 440 g/mol. The summed E-state index contributed by atoms with van der Waals surface area (Å²) in [4.78, 5) is 28.0. The predicted molar refractivity (Wildman–Crippen MR) is 110 cm³/mol. The van der Waals surface area contributed by atoms with Crippen molar-refractivity contribution >= 4 is 50.4 Å².